The lowest BCUT2D eigenvalue weighted by Crippen LogP contribution is -2.41. The molecule has 2 atom stereocenters. The van der Waals surface area contributed by atoms with Gasteiger partial charge in [0.2, 0.25) is 0 Å². The predicted molar refractivity (Wildman–Crippen MR) is 63.9 cm³/mol. The van der Waals surface area contributed by atoms with Crippen LogP contribution in [0.25, 0.3) is 0 Å². The average molecular weight is 243 g/mol. The van der Waals surface area contributed by atoms with Crippen LogP contribution in [0, 0.1) is 11.6 Å². The van der Waals surface area contributed by atoms with Crippen LogP contribution in [0.1, 0.15) is 31.9 Å². The largest absolute Gasteiger partial charge is 0.377 e. The van der Waals surface area contributed by atoms with Crippen molar-refractivity contribution < 1.29 is 13.5 Å². The van der Waals surface area contributed by atoms with Crippen molar-refractivity contribution in [1.82, 2.24) is 5.32 Å². The fourth-order valence-corrected chi connectivity index (χ4v) is 1.99. The van der Waals surface area contributed by atoms with E-state index in [0.29, 0.717) is 12.0 Å². The number of halogens is 2. The molecular weight excluding hydrogens is 224 g/mol. The Bertz CT molecular complexity index is 378. The zero-order valence-corrected chi connectivity index (χ0v) is 10.7. The first kappa shape index (κ1) is 14.1. The maximum Gasteiger partial charge on any atom is 0.131 e. The van der Waals surface area contributed by atoms with E-state index >= 15 is 0 Å². The number of nitrogens with one attached hydrogen (secondary N) is 1. The highest BCUT2D eigenvalue weighted by Crippen LogP contribution is 2.32. The van der Waals surface area contributed by atoms with E-state index < -0.39 is 17.2 Å². The van der Waals surface area contributed by atoms with E-state index in [-0.39, 0.29) is 6.04 Å². The minimum atomic E-state index is -0.572. The Morgan fingerprint density at radius 2 is 2.06 bits per heavy atom. The van der Waals surface area contributed by atoms with Gasteiger partial charge in [0.05, 0.1) is 11.6 Å². The van der Waals surface area contributed by atoms with Crippen LogP contribution in [-0.2, 0) is 4.74 Å². The van der Waals surface area contributed by atoms with Gasteiger partial charge in [0.25, 0.3) is 0 Å². The molecule has 96 valence electrons. The minimum absolute atomic E-state index is 0.321. The summed E-state index contributed by atoms with van der Waals surface area (Å²) >= 11 is 0. The quantitative estimate of drug-likeness (QED) is 0.858. The number of rotatable bonds is 5. The van der Waals surface area contributed by atoms with Crippen molar-refractivity contribution >= 4 is 0 Å². The molecule has 0 saturated heterocycles. The van der Waals surface area contributed by atoms with Crippen molar-refractivity contribution in [3.05, 3.63) is 35.4 Å². The van der Waals surface area contributed by atoms with Gasteiger partial charge in [-0.1, -0.05) is 13.0 Å². The van der Waals surface area contributed by atoms with Crippen molar-refractivity contribution in [1.29, 1.82) is 0 Å². The summed E-state index contributed by atoms with van der Waals surface area (Å²) in [5, 5.41) is 3.03. The van der Waals surface area contributed by atoms with Crippen molar-refractivity contribution in [3.63, 3.8) is 0 Å². The molecule has 2 unspecified atom stereocenters. The van der Waals surface area contributed by atoms with E-state index in [1.165, 1.54) is 12.1 Å². The van der Waals surface area contributed by atoms with Crippen LogP contribution >= 0.6 is 0 Å². The fraction of sp³-hybridized carbons (Fsp3) is 0.538. The smallest absolute Gasteiger partial charge is 0.131 e. The van der Waals surface area contributed by atoms with Gasteiger partial charge in [-0.05, 0) is 26.5 Å². The molecule has 0 bridgehead atoms. The molecule has 4 heteroatoms. The summed E-state index contributed by atoms with van der Waals surface area (Å²) < 4.78 is 32.1. The van der Waals surface area contributed by atoms with Crippen LogP contribution < -0.4 is 5.32 Å². The summed E-state index contributed by atoms with van der Waals surface area (Å²) in [7, 11) is 3.33. The molecule has 2 nitrogen and oxygen atoms in total. The summed E-state index contributed by atoms with van der Waals surface area (Å²) in [5.41, 5.74) is -0.118. The van der Waals surface area contributed by atoms with Crippen LogP contribution in [-0.4, -0.2) is 19.8 Å². The van der Waals surface area contributed by atoms with Crippen molar-refractivity contribution in [2.75, 3.05) is 14.2 Å². The highest BCUT2D eigenvalue weighted by Gasteiger charge is 2.34. The average Bonchev–Trinajstić information content (AvgIpc) is 2.32. The molecular formula is C13H19F2NO. The Labute approximate surface area is 101 Å². The molecule has 0 aliphatic rings. The van der Waals surface area contributed by atoms with Gasteiger partial charge in [-0.3, -0.25) is 0 Å². The summed E-state index contributed by atoms with van der Waals surface area (Å²) in [6, 6.07) is 3.29. The Balaban J connectivity index is 3.17. The maximum atomic E-state index is 13.8. The van der Waals surface area contributed by atoms with E-state index in [1.54, 1.807) is 14.2 Å². The molecule has 0 fully saturated rings. The molecule has 1 rings (SSSR count). The van der Waals surface area contributed by atoms with E-state index in [1.807, 2.05) is 13.8 Å². The second-order valence-electron chi connectivity index (χ2n) is 4.26. The van der Waals surface area contributed by atoms with Gasteiger partial charge < -0.3 is 10.1 Å². The zero-order chi connectivity index (χ0) is 13.1. The minimum Gasteiger partial charge on any atom is -0.377 e. The van der Waals surface area contributed by atoms with Crippen molar-refractivity contribution in [3.8, 4) is 0 Å². The van der Waals surface area contributed by atoms with Crippen LogP contribution in [0.5, 0.6) is 0 Å². The van der Waals surface area contributed by atoms with Gasteiger partial charge in [-0.25, -0.2) is 8.78 Å². The van der Waals surface area contributed by atoms with Crippen molar-refractivity contribution in [2.45, 2.75) is 31.9 Å². The molecule has 1 aromatic rings. The number of methoxy groups -OCH3 is 1. The highest BCUT2D eigenvalue weighted by molar-refractivity contribution is 5.24. The topological polar surface area (TPSA) is 21.3 Å². The predicted octanol–water partition coefficient (Wildman–Crippen LogP) is 3.04. The first-order valence-electron chi connectivity index (χ1n) is 5.66. The zero-order valence-electron chi connectivity index (χ0n) is 10.7. The summed E-state index contributed by atoms with van der Waals surface area (Å²) in [6.45, 7) is 3.87. The molecule has 0 spiro atoms. The number of ether oxygens (including phenoxy) is 1. The van der Waals surface area contributed by atoms with Gasteiger partial charge in [-0.2, -0.15) is 0 Å². The monoisotopic (exact) mass is 243 g/mol. The first-order valence-corrected chi connectivity index (χ1v) is 5.66. The SMILES string of the molecule is CCC(C)(OC)C(NC)c1ccc(F)cc1F. The lowest BCUT2D eigenvalue weighted by Gasteiger charge is -2.36. The van der Waals surface area contributed by atoms with Gasteiger partial charge >= 0.3 is 0 Å². The van der Waals surface area contributed by atoms with Gasteiger partial charge in [0, 0.05) is 18.7 Å². The van der Waals surface area contributed by atoms with Gasteiger partial charge in [0.1, 0.15) is 11.6 Å². The Morgan fingerprint density at radius 3 is 2.47 bits per heavy atom. The summed E-state index contributed by atoms with van der Waals surface area (Å²) in [5.74, 6) is -1.13. The van der Waals surface area contributed by atoms with E-state index in [2.05, 4.69) is 5.32 Å². The molecule has 17 heavy (non-hydrogen) atoms. The third-order valence-electron chi connectivity index (χ3n) is 3.34. The molecule has 0 radical (unpaired) electrons. The maximum absolute atomic E-state index is 13.8. The molecule has 1 N–H and O–H groups in total. The first-order chi connectivity index (χ1) is 7.98. The van der Waals surface area contributed by atoms with Crippen LogP contribution in [0.3, 0.4) is 0 Å². The normalized spacial score (nSPS) is 16.6. The number of likely N-dealkylation sites (N-methyl/N-ethyl adjacent to an activating group) is 1. The van der Waals surface area contributed by atoms with Crippen LogP contribution in [0.4, 0.5) is 8.78 Å². The lowest BCUT2D eigenvalue weighted by atomic mass is 9.87. The van der Waals surface area contributed by atoms with E-state index in [0.717, 1.165) is 6.07 Å². The third-order valence-corrected chi connectivity index (χ3v) is 3.34. The number of benzene rings is 1. The van der Waals surface area contributed by atoms with Crippen LogP contribution in [0.2, 0.25) is 0 Å². The van der Waals surface area contributed by atoms with Gasteiger partial charge in [0.15, 0.2) is 0 Å². The van der Waals surface area contributed by atoms with Crippen LogP contribution in [0.15, 0.2) is 18.2 Å². The standard InChI is InChI=1S/C13H19F2NO/c1-5-13(2,17-4)12(16-3)10-7-6-9(14)8-11(10)15/h6-8,12,16H,5H2,1-4H3. The third kappa shape index (κ3) is 2.82. The molecule has 0 aromatic heterocycles. The highest BCUT2D eigenvalue weighted by atomic mass is 19.1. The molecule has 0 aliphatic heterocycles. The molecule has 0 aliphatic carbocycles. The van der Waals surface area contributed by atoms with E-state index in [9.17, 15) is 8.78 Å². The Morgan fingerprint density at radius 1 is 1.41 bits per heavy atom. The summed E-state index contributed by atoms with van der Waals surface area (Å²) in [4.78, 5) is 0. The Hall–Kier alpha value is -1.00. The Kier molecular flexibility index (Phi) is 4.60. The van der Waals surface area contributed by atoms with Gasteiger partial charge in [-0.15, -0.1) is 0 Å². The number of hydrogen-bond donors (Lipinski definition) is 1. The molecule has 0 amide bonds. The van der Waals surface area contributed by atoms with Crippen molar-refractivity contribution in [2.24, 2.45) is 0 Å². The lowest BCUT2D eigenvalue weighted by molar-refractivity contribution is -0.0289. The second kappa shape index (κ2) is 5.56. The van der Waals surface area contributed by atoms with E-state index in [4.69, 9.17) is 4.74 Å². The molecule has 0 saturated carbocycles. The number of hydrogen-bond acceptors (Lipinski definition) is 2. The summed E-state index contributed by atoms with van der Waals surface area (Å²) in [6.07, 6.45) is 0.714. The fourth-order valence-electron chi connectivity index (χ4n) is 1.99. The molecule has 0 heterocycles. The molecule has 1 aromatic carbocycles. The second-order valence-corrected chi connectivity index (χ2v) is 4.26.